The number of aliphatic hydroxyl groups is 1. The Morgan fingerprint density at radius 3 is 2.52 bits per heavy atom. The minimum absolute atomic E-state index is 0.0747. The summed E-state index contributed by atoms with van der Waals surface area (Å²) in [6, 6.07) is 7.51. The number of aliphatic hydroxyl groups excluding tert-OH is 1. The number of aryl methyl sites for hydroxylation is 1. The highest BCUT2D eigenvalue weighted by molar-refractivity contribution is 5.31. The van der Waals surface area contributed by atoms with E-state index in [1.165, 1.54) is 0 Å². The second kappa shape index (κ2) is 7.64. The Balaban J connectivity index is 1.82. The SMILES string of the molecule is CCn1nnc(CO)c1CCCOc1ccc(OC)cc1. The third-order valence-electron chi connectivity index (χ3n) is 3.25. The molecule has 0 saturated carbocycles. The van der Waals surface area contributed by atoms with Gasteiger partial charge in [0.25, 0.3) is 0 Å². The quantitative estimate of drug-likeness (QED) is 0.751. The van der Waals surface area contributed by atoms with Gasteiger partial charge in [-0.25, -0.2) is 4.68 Å². The molecule has 0 spiro atoms. The van der Waals surface area contributed by atoms with Crippen LogP contribution in [0.4, 0.5) is 0 Å². The Kier molecular flexibility index (Phi) is 5.57. The Morgan fingerprint density at radius 2 is 1.90 bits per heavy atom. The Hall–Kier alpha value is -2.08. The molecule has 114 valence electrons. The van der Waals surface area contributed by atoms with Crippen molar-refractivity contribution in [3.63, 3.8) is 0 Å². The highest BCUT2D eigenvalue weighted by atomic mass is 16.5. The van der Waals surface area contributed by atoms with Gasteiger partial charge in [0.05, 0.1) is 26.0 Å². The average Bonchev–Trinajstić information content (AvgIpc) is 2.94. The first-order valence-electron chi connectivity index (χ1n) is 7.07. The number of ether oxygens (including phenoxy) is 2. The van der Waals surface area contributed by atoms with E-state index in [2.05, 4.69) is 10.3 Å². The zero-order valence-electron chi connectivity index (χ0n) is 12.5. The van der Waals surface area contributed by atoms with Gasteiger partial charge >= 0.3 is 0 Å². The molecule has 2 aromatic rings. The molecule has 1 aromatic heterocycles. The van der Waals surface area contributed by atoms with Crippen molar-refractivity contribution < 1.29 is 14.6 Å². The molecular weight excluding hydrogens is 270 g/mol. The number of benzene rings is 1. The lowest BCUT2D eigenvalue weighted by Crippen LogP contribution is -2.07. The first-order chi connectivity index (χ1) is 10.3. The van der Waals surface area contributed by atoms with Crippen LogP contribution in [0.25, 0.3) is 0 Å². The molecule has 0 aliphatic carbocycles. The molecule has 6 nitrogen and oxygen atoms in total. The fourth-order valence-corrected chi connectivity index (χ4v) is 2.12. The van der Waals surface area contributed by atoms with Crippen molar-refractivity contribution in [2.45, 2.75) is 32.9 Å². The van der Waals surface area contributed by atoms with Crippen molar-refractivity contribution in [1.29, 1.82) is 0 Å². The third kappa shape index (κ3) is 3.95. The van der Waals surface area contributed by atoms with Crippen molar-refractivity contribution in [3.8, 4) is 11.5 Å². The summed E-state index contributed by atoms with van der Waals surface area (Å²) in [7, 11) is 1.64. The van der Waals surface area contributed by atoms with Gasteiger partial charge in [-0.2, -0.15) is 0 Å². The summed E-state index contributed by atoms with van der Waals surface area (Å²) in [4.78, 5) is 0. The van der Waals surface area contributed by atoms with Crippen LogP contribution in [0.15, 0.2) is 24.3 Å². The monoisotopic (exact) mass is 291 g/mol. The van der Waals surface area contributed by atoms with E-state index in [1.54, 1.807) is 7.11 Å². The number of aromatic nitrogens is 3. The van der Waals surface area contributed by atoms with Crippen molar-refractivity contribution in [1.82, 2.24) is 15.0 Å². The molecular formula is C15H21N3O3. The van der Waals surface area contributed by atoms with E-state index in [-0.39, 0.29) is 6.61 Å². The summed E-state index contributed by atoms with van der Waals surface area (Å²) < 4.78 is 12.6. The summed E-state index contributed by atoms with van der Waals surface area (Å²) in [6.45, 7) is 3.29. The van der Waals surface area contributed by atoms with Crippen molar-refractivity contribution in [3.05, 3.63) is 35.7 Å². The molecule has 0 bridgehead atoms. The van der Waals surface area contributed by atoms with Crippen LogP contribution in [-0.4, -0.2) is 33.8 Å². The highest BCUT2D eigenvalue weighted by Crippen LogP contribution is 2.17. The molecule has 1 N–H and O–H groups in total. The van der Waals surface area contributed by atoms with Gasteiger partial charge in [0.1, 0.15) is 17.2 Å². The fraction of sp³-hybridized carbons (Fsp3) is 0.467. The van der Waals surface area contributed by atoms with E-state index in [0.717, 1.165) is 36.6 Å². The van der Waals surface area contributed by atoms with Gasteiger partial charge in [-0.05, 0) is 44.0 Å². The van der Waals surface area contributed by atoms with Gasteiger partial charge in [-0.1, -0.05) is 5.21 Å². The van der Waals surface area contributed by atoms with E-state index in [1.807, 2.05) is 35.9 Å². The summed E-state index contributed by atoms with van der Waals surface area (Å²) in [5, 5.41) is 17.2. The van der Waals surface area contributed by atoms with Crippen molar-refractivity contribution in [2.75, 3.05) is 13.7 Å². The average molecular weight is 291 g/mol. The molecule has 0 atom stereocenters. The van der Waals surface area contributed by atoms with Crippen LogP contribution < -0.4 is 9.47 Å². The van der Waals surface area contributed by atoms with Crippen LogP contribution in [-0.2, 0) is 19.6 Å². The molecule has 1 heterocycles. The summed E-state index contributed by atoms with van der Waals surface area (Å²) in [6.07, 6.45) is 1.62. The summed E-state index contributed by atoms with van der Waals surface area (Å²) >= 11 is 0. The van der Waals surface area contributed by atoms with E-state index in [9.17, 15) is 5.11 Å². The van der Waals surface area contributed by atoms with E-state index in [4.69, 9.17) is 9.47 Å². The number of methoxy groups -OCH3 is 1. The van der Waals surface area contributed by atoms with Crippen LogP contribution >= 0.6 is 0 Å². The maximum Gasteiger partial charge on any atom is 0.119 e. The van der Waals surface area contributed by atoms with Gasteiger partial charge in [0, 0.05) is 6.54 Å². The van der Waals surface area contributed by atoms with E-state index < -0.39 is 0 Å². The molecule has 0 radical (unpaired) electrons. The van der Waals surface area contributed by atoms with Gasteiger partial charge in [0.2, 0.25) is 0 Å². The molecule has 0 fully saturated rings. The van der Waals surface area contributed by atoms with Gasteiger partial charge in [0.15, 0.2) is 0 Å². The summed E-state index contributed by atoms with van der Waals surface area (Å²) in [5.74, 6) is 1.63. The lowest BCUT2D eigenvalue weighted by Gasteiger charge is -2.08. The van der Waals surface area contributed by atoms with Crippen LogP contribution in [0.1, 0.15) is 24.7 Å². The predicted octanol–water partition coefficient (Wildman–Crippen LogP) is 1.81. The van der Waals surface area contributed by atoms with Gasteiger partial charge in [-0.15, -0.1) is 5.10 Å². The molecule has 1 aromatic carbocycles. The minimum Gasteiger partial charge on any atom is -0.497 e. The first-order valence-corrected chi connectivity index (χ1v) is 7.07. The molecule has 0 saturated heterocycles. The molecule has 0 unspecified atom stereocenters. The Bertz CT molecular complexity index is 530. The van der Waals surface area contributed by atoms with Crippen LogP contribution in [0.5, 0.6) is 11.5 Å². The highest BCUT2D eigenvalue weighted by Gasteiger charge is 2.10. The largest absolute Gasteiger partial charge is 0.497 e. The molecule has 0 aliphatic rings. The zero-order valence-corrected chi connectivity index (χ0v) is 12.5. The second-order valence-electron chi connectivity index (χ2n) is 4.58. The maximum absolute atomic E-state index is 9.25. The number of hydrogen-bond donors (Lipinski definition) is 1. The third-order valence-corrected chi connectivity index (χ3v) is 3.25. The first kappa shape index (κ1) is 15.3. The van der Waals surface area contributed by atoms with Crippen molar-refractivity contribution in [2.24, 2.45) is 0 Å². The lowest BCUT2D eigenvalue weighted by molar-refractivity contribution is 0.274. The molecule has 0 amide bonds. The predicted molar refractivity (Wildman–Crippen MR) is 78.4 cm³/mol. The van der Waals surface area contributed by atoms with Gasteiger partial charge in [-0.3, -0.25) is 0 Å². The maximum atomic E-state index is 9.25. The van der Waals surface area contributed by atoms with Crippen LogP contribution in [0, 0.1) is 0 Å². The molecule has 6 heteroatoms. The molecule has 0 aliphatic heterocycles. The minimum atomic E-state index is -0.0747. The second-order valence-corrected chi connectivity index (χ2v) is 4.58. The van der Waals surface area contributed by atoms with Crippen LogP contribution in [0.2, 0.25) is 0 Å². The number of hydrogen-bond acceptors (Lipinski definition) is 5. The number of nitrogens with zero attached hydrogens (tertiary/aromatic N) is 3. The van der Waals surface area contributed by atoms with E-state index in [0.29, 0.717) is 12.3 Å². The topological polar surface area (TPSA) is 69.4 Å². The fourth-order valence-electron chi connectivity index (χ4n) is 2.12. The Labute approximate surface area is 124 Å². The van der Waals surface area contributed by atoms with Crippen molar-refractivity contribution >= 4 is 0 Å². The zero-order chi connectivity index (χ0) is 15.1. The molecule has 21 heavy (non-hydrogen) atoms. The molecule has 2 rings (SSSR count). The number of rotatable bonds is 8. The van der Waals surface area contributed by atoms with Gasteiger partial charge < -0.3 is 14.6 Å². The summed E-state index contributed by atoms with van der Waals surface area (Å²) in [5.41, 5.74) is 1.64. The lowest BCUT2D eigenvalue weighted by atomic mass is 10.2. The van der Waals surface area contributed by atoms with Crippen LogP contribution in [0.3, 0.4) is 0 Å². The normalized spacial score (nSPS) is 10.6. The Morgan fingerprint density at radius 1 is 1.19 bits per heavy atom. The smallest absolute Gasteiger partial charge is 0.119 e. The van der Waals surface area contributed by atoms with E-state index >= 15 is 0 Å². The standard InChI is InChI=1S/C15H21N3O3/c1-3-18-15(14(11-19)16-17-18)5-4-10-21-13-8-6-12(20-2)7-9-13/h6-9,19H,3-5,10-11H2,1-2H3.